The van der Waals surface area contributed by atoms with Crippen LogP contribution in [-0.2, 0) is 9.59 Å². The van der Waals surface area contributed by atoms with Crippen LogP contribution in [0.25, 0.3) is 0 Å². The lowest BCUT2D eigenvalue weighted by Crippen LogP contribution is -2.58. The second kappa shape index (κ2) is 9.33. The lowest BCUT2D eigenvalue weighted by molar-refractivity contribution is -0.130. The lowest BCUT2D eigenvalue weighted by atomic mass is 10.0. The third-order valence-corrected chi connectivity index (χ3v) is 5.87. The first-order valence-corrected chi connectivity index (χ1v) is 10.2. The summed E-state index contributed by atoms with van der Waals surface area (Å²) in [4.78, 5) is 33.4. The molecule has 1 aromatic rings. The summed E-state index contributed by atoms with van der Waals surface area (Å²) in [7, 11) is 1.85. The highest BCUT2D eigenvalue weighted by Crippen LogP contribution is 2.24. The highest BCUT2D eigenvalue weighted by Gasteiger charge is 2.35. The molecule has 0 aliphatic carbocycles. The van der Waals surface area contributed by atoms with Crippen molar-refractivity contribution in [3.8, 4) is 0 Å². The zero-order chi connectivity index (χ0) is 19.2. The van der Waals surface area contributed by atoms with Crippen LogP contribution in [0.4, 0.5) is 5.69 Å². The maximum absolute atomic E-state index is 13.1. The Morgan fingerprint density at radius 2 is 1.81 bits per heavy atom. The van der Waals surface area contributed by atoms with E-state index in [2.05, 4.69) is 9.80 Å². The number of nitrogens with zero attached hydrogens (tertiary/aromatic N) is 4. The summed E-state index contributed by atoms with van der Waals surface area (Å²) < 4.78 is 0. The molecule has 2 fully saturated rings. The number of piperidine rings is 1. The molecule has 2 aliphatic heterocycles. The van der Waals surface area contributed by atoms with Gasteiger partial charge in [0.15, 0.2) is 0 Å². The average Bonchev–Trinajstić information content (AvgIpc) is 2.72. The van der Waals surface area contributed by atoms with Crippen molar-refractivity contribution in [1.82, 2.24) is 14.7 Å². The number of piperazine rings is 1. The van der Waals surface area contributed by atoms with E-state index in [1.165, 1.54) is 0 Å². The van der Waals surface area contributed by atoms with Crippen molar-refractivity contribution in [1.29, 1.82) is 0 Å². The zero-order valence-electron chi connectivity index (χ0n) is 16.6. The summed E-state index contributed by atoms with van der Waals surface area (Å²) in [5.41, 5.74) is 1.00. The Morgan fingerprint density at radius 3 is 2.48 bits per heavy atom. The van der Waals surface area contributed by atoms with E-state index >= 15 is 0 Å². The van der Waals surface area contributed by atoms with Crippen LogP contribution < -0.4 is 4.90 Å². The molecule has 1 atom stereocenters. The first-order valence-electron chi connectivity index (χ1n) is 10.2. The number of amides is 2. The smallest absolute Gasteiger partial charge is 0.244 e. The number of para-hydroxylation sites is 1. The van der Waals surface area contributed by atoms with Gasteiger partial charge in [-0.15, -0.1) is 0 Å². The molecule has 2 heterocycles. The maximum atomic E-state index is 13.1. The minimum atomic E-state index is -0.00559. The van der Waals surface area contributed by atoms with E-state index in [-0.39, 0.29) is 17.9 Å². The van der Waals surface area contributed by atoms with Crippen molar-refractivity contribution in [2.24, 2.45) is 0 Å². The van der Waals surface area contributed by atoms with Crippen LogP contribution in [0.3, 0.4) is 0 Å². The fourth-order valence-electron chi connectivity index (χ4n) is 3.98. The van der Waals surface area contributed by atoms with Gasteiger partial charge < -0.3 is 14.7 Å². The van der Waals surface area contributed by atoms with Crippen LogP contribution in [0.2, 0.25) is 0 Å². The second-order valence-electron chi connectivity index (χ2n) is 7.52. The third-order valence-electron chi connectivity index (χ3n) is 5.87. The number of hydrogen-bond donors (Lipinski definition) is 0. The Labute approximate surface area is 162 Å². The van der Waals surface area contributed by atoms with Crippen LogP contribution >= 0.6 is 0 Å². The summed E-state index contributed by atoms with van der Waals surface area (Å²) in [5, 5.41) is 0. The van der Waals surface area contributed by atoms with Gasteiger partial charge in [0.25, 0.3) is 0 Å². The van der Waals surface area contributed by atoms with Crippen LogP contribution in [0.15, 0.2) is 30.3 Å². The third kappa shape index (κ3) is 4.87. The van der Waals surface area contributed by atoms with Crippen molar-refractivity contribution >= 4 is 17.5 Å². The molecule has 6 nitrogen and oxygen atoms in total. The summed E-state index contributed by atoms with van der Waals surface area (Å²) in [5.74, 6) is 0.446. The predicted molar refractivity (Wildman–Crippen MR) is 108 cm³/mol. The Balaban J connectivity index is 1.50. The standard InChI is InChI=1S/C21H32N4O2/c1-3-22(2)20(26)11-13-23-14-16-24(17-15-23)19-10-7-12-25(21(19)27)18-8-5-4-6-9-18/h4-6,8-9,19H,3,7,10-17H2,1-2H3/t19-/m1/s1. The molecule has 148 valence electrons. The molecule has 0 unspecified atom stereocenters. The van der Waals surface area contributed by atoms with Gasteiger partial charge in [-0.05, 0) is 31.9 Å². The van der Waals surface area contributed by atoms with Crippen LogP contribution in [0.1, 0.15) is 26.2 Å². The van der Waals surface area contributed by atoms with Gasteiger partial charge in [0, 0.05) is 65.0 Å². The van der Waals surface area contributed by atoms with Crippen LogP contribution in [0, 0.1) is 0 Å². The SMILES string of the molecule is CCN(C)C(=O)CCN1CCN([C@@H]2CCCN(c3ccccc3)C2=O)CC1. The maximum Gasteiger partial charge on any atom is 0.244 e. The fraction of sp³-hybridized carbons (Fsp3) is 0.619. The number of carbonyl (C=O) groups excluding carboxylic acids is 2. The molecule has 2 aliphatic rings. The largest absolute Gasteiger partial charge is 0.346 e. The molecular weight excluding hydrogens is 340 g/mol. The van der Waals surface area contributed by atoms with Crippen molar-refractivity contribution in [3.05, 3.63) is 30.3 Å². The summed E-state index contributed by atoms with van der Waals surface area (Å²) in [6.07, 6.45) is 2.57. The first-order chi connectivity index (χ1) is 13.1. The van der Waals surface area contributed by atoms with E-state index < -0.39 is 0 Å². The van der Waals surface area contributed by atoms with Crippen molar-refractivity contribution in [3.63, 3.8) is 0 Å². The number of anilines is 1. The van der Waals surface area contributed by atoms with E-state index in [0.29, 0.717) is 6.42 Å². The van der Waals surface area contributed by atoms with Gasteiger partial charge in [-0.1, -0.05) is 18.2 Å². The van der Waals surface area contributed by atoms with Crippen LogP contribution in [0.5, 0.6) is 0 Å². The average molecular weight is 373 g/mol. The molecule has 2 saturated heterocycles. The number of rotatable bonds is 6. The summed E-state index contributed by atoms with van der Waals surface area (Å²) in [6, 6.07) is 9.99. The van der Waals surface area contributed by atoms with Gasteiger partial charge in [-0.2, -0.15) is 0 Å². The molecular formula is C21H32N4O2. The van der Waals surface area contributed by atoms with Gasteiger partial charge in [0.1, 0.15) is 0 Å². The van der Waals surface area contributed by atoms with E-state index in [1.54, 1.807) is 4.90 Å². The quantitative estimate of drug-likeness (QED) is 0.762. The molecule has 27 heavy (non-hydrogen) atoms. The van der Waals surface area contributed by atoms with Gasteiger partial charge in [-0.3, -0.25) is 14.5 Å². The lowest BCUT2D eigenvalue weighted by Gasteiger charge is -2.42. The molecule has 0 spiro atoms. The van der Waals surface area contributed by atoms with E-state index in [0.717, 1.165) is 64.3 Å². The number of hydrogen-bond acceptors (Lipinski definition) is 4. The first kappa shape index (κ1) is 19.8. The van der Waals surface area contributed by atoms with Gasteiger partial charge >= 0.3 is 0 Å². The molecule has 0 radical (unpaired) electrons. The normalized spacial score (nSPS) is 22.1. The van der Waals surface area contributed by atoms with Crippen molar-refractivity contribution in [2.45, 2.75) is 32.2 Å². The molecule has 0 bridgehead atoms. The highest BCUT2D eigenvalue weighted by atomic mass is 16.2. The van der Waals surface area contributed by atoms with E-state index in [9.17, 15) is 9.59 Å². The molecule has 1 aromatic carbocycles. The minimum absolute atomic E-state index is 0.00559. The second-order valence-corrected chi connectivity index (χ2v) is 7.52. The summed E-state index contributed by atoms with van der Waals surface area (Å²) in [6.45, 7) is 8.03. The topological polar surface area (TPSA) is 47.1 Å². The van der Waals surface area contributed by atoms with Crippen molar-refractivity contribution in [2.75, 3.05) is 57.8 Å². The van der Waals surface area contributed by atoms with Gasteiger partial charge in [0.2, 0.25) is 11.8 Å². The van der Waals surface area contributed by atoms with E-state index in [4.69, 9.17) is 0 Å². The van der Waals surface area contributed by atoms with Gasteiger partial charge in [0.05, 0.1) is 6.04 Å². The number of benzene rings is 1. The Hall–Kier alpha value is -1.92. The Kier molecular flexibility index (Phi) is 6.85. The molecule has 0 N–H and O–H groups in total. The Morgan fingerprint density at radius 1 is 1.11 bits per heavy atom. The number of carbonyl (C=O) groups is 2. The highest BCUT2D eigenvalue weighted by molar-refractivity contribution is 5.97. The Bertz CT molecular complexity index is 628. The van der Waals surface area contributed by atoms with Crippen molar-refractivity contribution < 1.29 is 9.59 Å². The molecule has 0 aromatic heterocycles. The minimum Gasteiger partial charge on any atom is -0.346 e. The molecule has 3 rings (SSSR count). The predicted octanol–water partition coefficient (Wildman–Crippen LogP) is 1.67. The zero-order valence-corrected chi connectivity index (χ0v) is 16.6. The molecule has 2 amide bonds. The van der Waals surface area contributed by atoms with Crippen LogP contribution in [-0.4, -0.2) is 85.4 Å². The molecule has 6 heteroatoms. The molecule has 0 saturated carbocycles. The van der Waals surface area contributed by atoms with Gasteiger partial charge in [-0.25, -0.2) is 0 Å². The fourth-order valence-corrected chi connectivity index (χ4v) is 3.98. The van der Waals surface area contributed by atoms with E-state index in [1.807, 2.05) is 49.2 Å². The monoisotopic (exact) mass is 372 g/mol. The summed E-state index contributed by atoms with van der Waals surface area (Å²) >= 11 is 0.